The summed E-state index contributed by atoms with van der Waals surface area (Å²) in [4.78, 5) is 14.7. The van der Waals surface area contributed by atoms with E-state index < -0.39 is 9.84 Å². The molecule has 0 saturated carbocycles. The molecule has 1 aromatic carbocycles. The molecule has 0 aromatic heterocycles. The van der Waals surface area contributed by atoms with Crippen LogP contribution in [0.25, 0.3) is 0 Å². The normalized spacial score (nSPS) is 14.6. The third-order valence-electron chi connectivity index (χ3n) is 4.39. The highest BCUT2D eigenvalue weighted by molar-refractivity contribution is 7.90. The average Bonchev–Trinajstić information content (AvgIpc) is 2.52. The Labute approximate surface area is 139 Å². The zero-order valence-electron chi connectivity index (χ0n) is 14.2. The van der Waals surface area contributed by atoms with Crippen LogP contribution in [0.4, 0.5) is 5.69 Å². The van der Waals surface area contributed by atoms with Crippen molar-refractivity contribution < 1.29 is 13.2 Å². The van der Waals surface area contributed by atoms with Crippen LogP contribution in [-0.2, 0) is 21.1 Å². The van der Waals surface area contributed by atoms with Gasteiger partial charge in [0, 0.05) is 24.9 Å². The van der Waals surface area contributed by atoms with Crippen molar-refractivity contribution in [2.45, 2.75) is 63.2 Å². The maximum absolute atomic E-state index is 12.5. The molecule has 4 nitrogen and oxygen atoms in total. The van der Waals surface area contributed by atoms with E-state index in [0.29, 0.717) is 11.3 Å². The van der Waals surface area contributed by atoms with Crippen LogP contribution < -0.4 is 4.90 Å². The number of hydrogen-bond acceptors (Lipinski definition) is 3. The van der Waals surface area contributed by atoms with Crippen molar-refractivity contribution in [3.8, 4) is 0 Å². The van der Waals surface area contributed by atoms with Gasteiger partial charge in [0.25, 0.3) is 0 Å². The molecular formula is C18H27NO3S. The second-order valence-corrected chi connectivity index (χ2v) is 8.39. The number of aryl methyl sites for hydroxylation is 1. The predicted octanol–water partition coefficient (Wildman–Crippen LogP) is 3.73. The number of unbranched alkanes of at least 4 members (excludes halogenated alkanes) is 4. The molecule has 0 fully saturated rings. The molecule has 0 radical (unpaired) electrons. The molecule has 128 valence electrons. The first-order chi connectivity index (χ1) is 10.9. The molecule has 0 saturated heterocycles. The molecule has 1 aromatic rings. The Morgan fingerprint density at radius 2 is 1.91 bits per heavy atom. The van der Waals surface area contributed by atoms with Gasteiger partial charge >= 0.3 is 0 Å². The van der Waals surface area contributed by atoms with Gasteiger partial charge in [0.1, 0.15) is 0 Å². The Morgan fingerprint density at radius 3 is 2.61 bits per heavy atom. The number of hydrogen-bond donors (Lipinski definition) is 0. The van der Waals surface area contributed by atoms with Crippen LogP contribution in [0.1, 0.15) is 57.4 Å². The van der Waals surface area contributed by atoms with E-state index >= 15 is 0 Å². The topological polar surface area (TPSA) is 54.5 Å². The minimum atomic E-state index is -3.20. The molecular weight excluding hydrogens is 310 g/mol. The number of sulfone groups is 1. The highest BCUT2D eigenvalue weighted by atomic mass is 32.2. The summed E-state index contributed by atoms with van der Waals surface area (Å²) in [6, 6.07) is 5.13. The van der Waals surface area contributed by atoms with Crippen molar-refractivity contribution in [1.82, 2.24) is 0 Å². The standard InChI is InChI=1S/C18H27NO3S/c1-3-4-5-6-7-10-18(20)19-13-8-9-15-14-16(23(2,21)22)11-12-17(15)19/h11-12,14H,3-10,13H2,1-2H3. The molecule has 0 aliphatic carbocycles. The second kappa shape index (κ2) is 7.95. The van der Waals surface area contributed by atoms with Gasteiger partial charge in [0.05, 0.1) is 4.90 Å². The Balaban J connectivity index is 2.05. The van der Waals surface area contributed by atoms with E-state index in [1.54, 1.807) is 18.2 Å². The quantitative estimate of drug-likeness (QED) is 0.712. The monoisotopic (exact) mass is 337 g/mol. The minimum absolute atomic E-state index is 0.162. The number of benzene rings is 1. The highest BCUT2D eigenvalue weighted by Crippen LogP contribution is 2.30. The van der Waals surface area contributed by atoms with Crippen molar-refractivity contribution in [2.75, 3.05) is 17.7 Å². The van der Waals surface area contributed by atoms with E-state index in [1.165, 1.54) is 25.5 Å². The molecule has 23 heavy (non-hydrogen) atoms. The molecule has 0 unspecified atom stereocenters. The molecule has 0 bridgehead atoms. The third-order valence-corrected chi connectivity index (χ3v) is 5.50. The van der Waals surface area contributed by atoms with Gasteiger partial charge < -0.3 is 4.90 Å². The molecule has 0 N–H and O–H groups in total. The largest absolute Gasteiger partial charge is 0.312 e. The fourth-order valence-corrected chi connectivity index (χ4v) is 3.75. The van der Waals surface area contributed by atoms with Gasteiger partial charge in [-0.1, -0.05) is 32.6 Å². The minimum Gasteiger partial charge on any atom is -0.312 e. The van der Waals surface area contributed by atoms with Crippen LogP contribution in [0.15, 0.2) is 23.1 Å². The van der Waals surface area contributed by atoms with Crippen molar-refractivity contribution >= 4 is 21.4 Å². The Kier molecular flexibility index (Phi) is 6.22. The highest BCUT2D eigenvalue weighted by Gasteiger charge is 2.23. The summed E-state index contributed by atoms with van der Waals surface area (Å²) < 4.78 is 23.4. The Bertz CT molecular complexity index is 652. The Morgan fingerprint density at radius 1 is 1.17 bits per heavy atom. The number of rotatable bonds is 7. The van der Waals surface area contributed by atoms with Crippen LogP contribution in [0.3, 0.4) is 0 Å². The zero-order chi connectivity index (χ0) is 16.9. The summed E-state index contributed by atoms with van der Waals surface area (Å²) in [6.45, 7) is 2.92. The first kappa shape index (κ1) is 18.0. The van der Waals surface area contributed by atoms with E-state index in [2.05, 4.69) is 6.92 Å². The van der Waals surface area contributed by atoms with Crippen molar-refractivity contribution in [1.29, 1.82) is 0 Å². The van der Waals surface area contributed by atoms with Crippen molar-refractivity contribution in [3.63, 3.8) is 0 Å². The summed E-state index contributed by atoms with van der Waals surface area (Å²) in [5.41, 5.74) is 1.86. The lowest BCUT2D eigenvalue weighted by atomic mass is 10.0. The molecule has 5 heteroatoms. The van der Waals surface area contributed by atoms with Gasteiger partial charge in [0.2, 0.25) is 5.91 Å². The second-order valence-electron chi connectivity index (χ2n) is 6.38. The van der Waals surface area contributed by atoms with Gasteiger partial charge in [-0.15, -0.1) is 0 Å². The van der Waals surface area contributed by atoms with Crippen LogP contribution in [0, 0.1) is 0 Å². The number of carbonyl (C=O) groups is 1. The van der Waals surface area contributed by atoms with E-state index in [9.17, 15) is 13.2 Å². The maximum atomic E-state index is 12.5. The van der Waals surface area contributed by atoms with Crippen LogP contribution in [0.2, 0.25) is 0 Å². The third kappa shape index (κ3) is 4.80. The number of nitrogens with zero attached hydrogens (tertiary/aromatic N) is 1. The number of fused-ring (bicyclic) bond motifs is 1. The van der Waals surface area contributed by atoms with Crippen LogP contribution in [-0.4, -0.2) is 27.1 Å². The lowest BCUT2D eigenvalue weighted by Crippen LogP contribution is -2.35. The van der Waals surface area contributed by atoms with E-state index in [-0.39, 0.29) is 5.91 Å². The van der Waals surface area contributed by atoms with Gasteiger partial charge in [-0.05, 0) is 43.0 Å². The van der Waals surface area contributed by atoms with Crippen molar-refractivity contribution in [2.24, 2.45) is 0 Å². The molecule has 0 spiro atoms. The van der Waals surface area contributed by atoms with Gasteiger partial charge in [-0.3, -0.25) is 4.79 Å². The molecule has 1 aliphatic rings. The zero-order valence-corrected chi connectivity index (χ0v) is 15.0. The van der Waals surface area contributed by atoms with E-state index in [1.807, 2.05) is 4.90 Å². The summed E-state index contributed by atoms with van der Waals surface area (Å²) in [6.07, 6.45) is 9.19. The predicted molar refractivity (Wildman–Crippen MR) is 93.6 cm³/mol. The summed E-state index contributed by atoms with van der Waals surface area (Å²) in [5, 5.41) is 0. The first-order valence-electron chi connectivity index (χ1n) is 8.57. The smallest absolute Gasteiger partial charge is 0.226 e. The summed E-state index contributed by atoms with van der Waals surface area (Å²) in [5.74, 6) is 0.162. The fraction of sp³-hybridized carbons (Fsp3) is 0.611. The lowest BCUT2D eigenvalue weighted by molar-refractivity contribution is -0.118. The van der Waals surface area contributed by atoms with Crippen LogP contribution in [0.5, 0.6) is 0 Å². The van der Waals surface area contributed by atoms with Gasteiger partial charge in [0.15, 0.2) is 9.84 Å². The molecule has 0 atom stereocenters. The maximum Gasteiger partial charge on any atom is 0.226 e. The molecule has 1 aliphatic heterocycles. The summed E-state index contributed by atoms with van der Waals surface area (Å²) >= 11 is 0. The van der Waals surface area contributed by atoms with E-state index in [0.717, 1.165) is 43.5 Å². The molecule has 2 rings (SSSR count). The number of amides is 1. The first-order valence-corrected chi connectivity index (χ1v) is 10.5. The number of carbonyl (C=O) groups excluding carboxylic acids is 1. The Hall–Kier alpha value is -1.36. The SMILES string of the molecule is CCCCCCCC(=O)N1CCCc2cc(S(C)(=O)=O)ccc21. The average molecular weight is 337 g/mol. The molecule has 1 amide bonds. The summed E-state index contributed by atoms with van der Waals surface area (Å²) in [7, 11) is -3.20. The fourth-order valence-electron chi connectivity index (χ4n) is 3.08. The van der Waals surface area contributed by atoms with E-state index in [4.69, 9.17) is 0 Å². The van der Waals surface area contributed by atoms with Crippen molar-refractivity contribution in [3.05, 3.63) is 23.8 Å². The number of anilines is 1. The molecule has 1 heterocycles. The lowest BCUT2D eigenvalue weighted by Gasteiger charge is -2.30. The van der Waals surface area contributed by atoms with Gasteiger partial charge in [-0.25, -0.2) is 8.42 Å². The van der Waals surface area contributed by atoms with Gasteiger partial charge in [-0.2, -0.15) is 0 Å². The van der Waals surface area contributed by atoms with Crippen LogP contribution >= 0.6 is 0 Å².